The van der Waals surface area contributed by atoms with Gasteiger partial charge in [-0.3, -0.25) is 4.79 Å². The average molecular weight is 334 g/mol. The van der Waals surface area contributed by atoms with E-state index in [1.165, 1.54) is 19.3 Å². The molecule has 1 amide bonds. The van der Waals surface area contributed by atoms with Gasteiger partial charge in [-0.25, -0.2) is 0 Å². The summed E-state index contributed by atoms with van der Waals surface area (Å²) < 4.78 is 10.4. The quantitative estimate of drug-likeness (QED) is 0.638. The van der Waals surface area contributed by atoms with Crippen LogP contribution in [0, 0.1) is 22.7 Å². The molecule has 0 aliphatic heterocycles. The van der Waals surface area contributed by atoms with Crippen molar-refractivity contribution < 1.29 is 14.3 Å². The number of ether oxygens (including phenoxy) is 2. The first-order valence-electron chi connectivity index (χ1n) is 6.72. The third kappa shape index (κ3) is 5.21. The lowest BCUT2D eigenvalue weighted by molar-refractivity contribution is -0.117. The van der Waals surface area contributed by atoms with E-state index >= 15 is 0 Å². The van der Waals surface area contributed by atoms with Gasteiger partial charge in [0.1, 0.15) is 17.7 Å². The van der Waals surface area contributed by atoms with E-state index in [1.54, 1.807) is 19.9 Å². The lowest BCUT2D eigenvalue weighted by Gasteiger charge is -2.12. The van der Waals surface area contributed by atoms with Crippen LogP contribution in [0.5, 0.6) is 11.5 Å². The first-order valence-corrected chi connectivity index (χ1v) is 7.10. The first-order chi connectivity index (χ1) is 10.9. The molecule has 0 atom stereocenters. The molecule has 0 spiro atoms. The number of amides is 1. The third-order valence-electron chi connectivity index (χ3n) is 2.63. The Bertz CT molecular complexity index is 700. The van der Waals surface area contributed by atoms with E-state index in [4.69, 9.17) is 31.6 Å². The zero-order chi connectivity index (χ0) is 17.4. The summed E-state index contributed by atoms with van der Waals surface area (Å²) in [5.74, 6) is 0.0703. The van der Waals surface area contributed by atoms with Crippen LogP contribution in [-0.4, -0.2) is 25.7 Å². The van der Waals surface area contributed by atoms with Crippen molar-refractivity contribution in [1.29, 1.82) is 10.5 Å². The minimum absolute atomic E-state index is 0.0532. The molecule has 1 aromatic rings. The minimum Gasteiger partial charge on any atom is -0.493 e. The van der Waals surface area contributed by atoms with Crippen LogP contribution >= 0.6 is 11.6 Å². The number of nitrogens with zero attached hydrogens (tertiary/aromatic N) is 2. The largest absolute Gasteiger partial charge is 0.493 e. The van der Waals surface area contributed by atoms with Crippen molar-refractivity contribution >= 4 is 23.6 Å². The number of nitrogens with one attached hydrogen (secondary N) is 1. The van der Waals surface area contributed by atoms with E-state index in [1.807, 2.05) is 12.1 Å². The van der Waals surface area contributed by atoms with Gasteiger partial charge < -0.3 is 14.8 Å². The highest BCUT2D eigenvalue weighted by Gasteiger charge is 2.14. The van der Waals surface area contributed by atoms with Crippen LogP contribution in [0.2, 0.25) is 5.02 Å². The van der Waals surface area contributed by atoms with Gasteiger partial charge in [0, 0.05) is 6.04 Å². The molecule has 23 heavy (non-hydrogen) atoms. The molecule has 1 aromatic carbocycles. The monoisotopic (exact) mass is 333 g/mol. The number of benzene rings is 1. The molecule has 0 unspecified atom stereocenters. The molecule has 6 nitrogen and oxygen atoms in total. The van der Waals surface area contributed by atoms with Gasteiger partial charge >= 0.3 is 0 Å². The van der Waals surface area contributed by atoms with Crippen molar-refractivity contribution in [2.75, 3.05) is 13.7 Å². The molecular weight excluding hydrogens is 318 g/mol. The number of nitriles is 2. The van der Waals surface area contributed by atoms with Crippen LogP contribution in [0.25, 0.3) is 6.08 Å². The fourth-order valence-electron chi connectivity index (χ4n) is 1.72. The maximum absolute atomic E-state index is 11.9. The van der Waals surface area contributed by atoms with Gasteiger partial charge in [-0.1, -0.05) is 11.6 Å². The van der Waals surface area contributed by atoms with E-state index < -0.39 is 5.91 Å². The van der Waals surface area contributed by atoms with Crippen LogP contribution in [0.3, 0.4) is 0 Å². The average Bonchev–Trinajstić information content (AvgIpc) is 2.50. The summed E-state index contributed by atoms with van der Waals surface area (Å²) in [6.07, 6.45) is 1.40. The highest BCUT2D eigenvalue weighted by molar-refractivity contribution is 6.32. The fourth-order valence-corrected chi connectivity index (χ4v) is 2.00. The summed E-state index contributed by atoms with van der Waals surface area (Å²) in [6, 6.07) is 6.70. The Hall–Kier alpha value is -2.70. The number of carbonyl (C=O) groups is 1. The highest BCUT2D eigenvalue weighted by atomic mass is 35.5. The Morgan fingerprint density at radius 2 is 2.13 bits per heavy atom. The van der Waals surface area contributed by atoms with E-state index in [9.17, 15) is 4.79 Å². The zero-order valence-corrected chi connectivity index (χ0v) is 13.8. The Morgan fingerprint density at radius 1 is 1.43 bits per heavy atom. The number of halogens is 1. The summed E-state index contributed by atoms with van der Waals surface area (Å²) in [5, 5.41) is 20.6. The molecule has 120 valence electrons. The van der Waals surface area contributed by atoms with Crippen LogP contribution in [-0.2, 0) is 4.79 Å². The summed E-state index contributed by atoms with van der Waals surface area (Å²) in [5.41, 5.74) is 0.453. The second-order valence-corrected chi connectivity index (χ2v) is 5.19. The number of carbonyl (C=O) groups excluding carboxylic acids is 1. The molecule has 1 rings (SSSR count). The van der Waals surface area contributed by atoms with Crippen molar-refractivity contribution in [1.82, 2.24) is 5.32 Å². The molecule has 0 heterocycles. The predicted octanol–water partition coefficient (Wildman–Crippen LogP) is 2.68. The lowest BCUT2D eigenvalue weighted by atomic mass is 10.1. The fraction of sp³-hybridized carbons (Fsp3) is 0.312. The Kier molecular flexibility index (Phi) is 6.92. The highest BCUT2D eigenvalue weighted by Crippen LogP contribution is 2.36. The van der Waals surface area contributed by atoms with Crippen LogP contribution in [0.15, 0.2) is 17.7 Å². The van der Waals surface area contributed by atoms with E-state index in [2.05, 4.69) is 5.32 Å². The van der Waals surface area contributed by atoms with Crippen LogP contribution in [0.1, 0.15) is 19.4 Å². The third-order valence-corrected chi connectivity index (χ3v) is 2.91. The van der Waals surface area contributed by atoms with Gasteiger partial charge in [0.15, 0.2) is 18.1 Å². The lowest BCUT2D eigenvalue weighted by Crippen LogP contribution is -2.30. The molecule has 0 aromatic heterocycles. The van der Waals surface area contributed by atoms with Crippen molar-refractivity contribution in [2.24, 2.45) is 0 Å². The van der Waals surface area contributed by atoms with Gasteiger partial charge in [0.25, 0.3) is 5.91 Å². The molecule has 0 saturated heterocycles. The number of methoxy groups -OCH3 is 1. The zero-order valence-electron chi connectivity index (χ0n) is 13.0. The van der Waals surface area contributed by atoms with Gasteiger partial charge in [-0.2, -0.15) is 10.5 Å². The van der Waals surface area contributed by atoms with Crippen molar-refractivity contribution in [3.05, 3.63) is 28.3 Å². The summed E-state index contributed by atoms with van der Waals surface area (Å²) >= 11 is 6.11. The van der Waals surface area contributed by atoms with Crippen LogP contribution in [0.4, 0.5) is 0 Å². The topological polar surface area (TPSA) is 95.1 Å². The van der Waals surface area contributed by atoms with Crippen molar-refractivity contribution in [2.45, 2.75) is 19.9 Å². The summed E-state index contributed by atoms with van der Waals surface area (Å²) in [4.78, 5) is 11.9. The number of rotatable bonds is 6. The van der Waals surface area contributed by atoms with Crippen molar-refractivity contribution in [3.8, 4) is 23.6 Å². The van der Waals surface area contributed by atoms with Gasteiger partial charge in [0.2, 0.25) is 0 Å². The smallest absolute Gasteiger partial charge is 0.262 e. The SMILES string of the molecule is COc1cc(/C=C(/C#N)C(=O)NC(C)C)cc(Cl)c1OCC#N. The van der Waals surface area contributed by atoms with Crippen molar-refractivity contribution in [3.63, 3.8) is 0 Å². The van der Waals surface area contributed by atoms with Gasteiger partial charge in [0.05, 0.1) is 12.1 Å². The molecular formula is C16H16ClN3O3. The first kappa shape index (κ1) is 18.3. The summed E-state index contributed by atoms with van der Waals surface area (Å²) in [7, 11) is 1.43. The Morgan fingerprint density at radius 3 is 2.65 bits per heavy atom. The van der Waals surface area contributed by atoms with Crippen LogP contribution < -0.4 is 14.8 Å². The Balaban J connectivity index is 3.21. The summed E-state index contributed by atoms with van der Waals surface area (Å²) in [6.45, 7) is 3.42. The van der Waals surface area contributed by atoms with E-state index in [-0.39, 0.29) is 29.0 Å². The molecule has 0 saturated carbocycles. The molecule has 0 fully saturated rings. The molecule has 7 heteroatoms. The molecule has 0 aliphatic carbocycles. The standard InChI is InChI=1S/C16H16ClN3O3/c1-10(2)20-16(21)12(9-19)6-11-7-13(17)15(23-5-4-18)14(8-11)22-3/h6-8,10H,5H2,1-3H3,(H,20,21)/b12-6-. The normalized spacial score (nSPS) is 10.7. The molecule has 0 radical (unpaired) electrons. The van der Waals surface area contributed by atoms with Gasteiger partial charge in [-0.05, 0) is 37.6 Å². The number of hydrogen-bond acceptors (Lipinski definition) is 5. The number of hydrogen-bond donors (Lipinski definition) is 1. The van der Waals surface area contributed by atoms with Gasteiger partial charge in [-0.15, -0.1) is 0 Å². The second kappa shape index (κ2) is 8.67. The maximum atomic E-state index is 11.9. The molecule has 0 bridgehead atoms. The Labute approximate surface area is 139 Å². The minimum atomic E-state index is -0.470. The van der Waals surface area contributed by atoms with E-state index in [0.717, 1.165) is 0 Å². The predicted molar refractivity (Wildman–Crippen MR) is 86.0 cm³/mol. The van der Waals surface area contributed by atoms with E-state index in [0.29, 0.717) is 11.3 Å². The second-order valence-electron chi connectivity index (χ2n) is 4.78. The maximum Gasteiger partial charge on any atom is 0.262 e. The molecule has 0 aliphatic rings. The molecule has 1 N–H and O–H groups in total.